The molecule has 0 aromatic rings. The molecule has 3 unspecified atom stereocenters. The van der Waals surface area contributed by atoms with Crippen molar-refractivity contribution in [2.45, 2.75) is 24.7 Å². The molecule has 0 aliphatic carbocycles. The summed E-state index contributed by atoms with van der Waals surface area (Å²) in [5.74, 6) is -1.60. The lowest BCUT2D eigenvalue weighted by Gasteiger charge is -2.22. The number of aliphatic hydroxyl groups is 3. The van der Waals surface area contributed by atoms with Crippen LogP contribution in [0.4, 0.5) is 0 Å². The fourth-order valence-electron chi connectivity index (χ4n) is 0.883. The highest BCUT2D eigenvalue weighted by molar-refractivity contribution is 7.46. The molecule has 0 fully saturated rings. The first-order valence-electron chi connectivity index (χ1n) is 4.11. The fraction of sp³-hybridized carbons (Fsp3) is 0.833. The molecule has 0 bridgehead atoms. The van der Waals surface area contributed by atoms with Gasteiger partial charge in [0.05, 0.1) is 12.7 Å². The predicted octanol–water partition coefficient (Wildman–Crippen LogP) is -2.35. The molecule has 0 spiro atoms. The number of carboxylic acids is 1. The molecule has 0 saturated carbocycles. The van der Waals surface area contributed by atoms with E-state index in [1.807, 2.05) is 0 Å². The normalized spacial score (nSPS) is 17.8. The van der Waals surface area contributed by atoms with Crippen molar-refractivity contribution in [2.24, 2.45) is 0 Å². The van der Waals surface area contributed by atoms with Crippen molar-refractivity contribution in [3.63, 3.8) is 0 Å². The maximum atomic E-state index is 10.4. The van der Waals surface area contributed by atoms with E-state index in [-0.39, 0.29) is 0 Å². The Balaban J connectivity index is 4.37. The van der Waals surface area contributed by atoms with Gasteiger partial charge in [0, 0.05) is 6.42 Å². The second kappa shape index (κ2) is 6.26. The highest BCUT2D eigenvalue weighted by Gasteiger charge is 2.30. The first kappa shape index (κ1) is 15.5. The van der Waals surface area contributed by atoms with E-state index >= 15 is 0 Å². The van der Waals surface area contributed by atoms with Gasteiger partial charge in [-0.25, -0.2) is 9.36 Å². The predicted molar refractivity (Wildman–Crippen MR) is 48.3 cm³/mol. The van der Waals surface area contributed by atoms with E-state index in [1.165, 1.54) is 0 Å². The molecule has 0 saturated heterocycles. The molecule has 0 aromatic carbocycles. The van der Waals surface area contributed by atoms with Gasteiger partial charge in [-0.1, -0.05) is 0 Å². The Morgan fingerprint density at radius 2 is 1.81 bits per heavy atom. The van der Waals surface area contributed by atoms with Crippen LogP contribution in [0.3, 0.4) is 0 Å². The number of hydrogen-bond donors (Lipinski definition) is 6. The summed E-state index contributed by atoms with van der Waals surface area (Å²) in [5.41, 5.74) is 0. The summed E-state index contributed by atoms with van der Waals surface area (Å²) in [6.45, 7) is -0.932. The lowest BCUT2D eigenvalue weighted by molar-refractivity contribution is -0.149. The third-order valence-electron chi connectivity index (χ3n) is 1.63. The molecule has 0 aliphatic rings. The highest BCUT2D eigenvalue weighted by Crippen LogP contribution is 2.38. The van der Waals surface area contributed by atoms with E-state index in [9.17, 15) is 14.5 Å². The molecule has 0 radical (unpaired) electrons. The molecule has 0 heterocycles. The summed E-state index contributed by atoms with van der Waals surface area (Å²) >= 11 is 0. The Bertz CT molecular complexity index is 273. The van der Waals surface area contributed by atoms with Gasteiger partial charge in [-0.3, -0.25) is 4.52 Å². The van der Waals surface area contributed by atoms with Crippen LogP contribution in [-0.4, -0.2) is 61.1 Å². The molecular weight excluding hydrogens is 247 g/mol. The zero-order chi connectivity index (χ0) is 12.9. The van der Waals surface area contributed by atoms with Crippen molar-refractivity contribution in [3.05, 3.63) is 0 Å². The maximum absolute atomic E-state index is 10.4. The van der Waals surface area contributed by atoms with Gasteiger partial charge >= 0.3 is 13.8 Å². The fourth-order valence-corrected chi connectivity index (χ4v) is 1.44. The first-order chi connectivity index (χ1) is 7.17. The standard InChI is InChI=1S/C6H13O9P/c7-2-5(15-16(12,13)14)3(8)1-4(9)6(10)11/h3-5,7-9H,1-2H2,(H,10,11)(H2,12,13,14). The number of carboxylic acid groups (broad SMARTS) is 1. The summed E-state index contributed by atoms with van der Waals surface area (Å²) in [6, 6.07) is 0. The summed E-state index contributed by atoms with van der Waals surface area (Å²) < 4.78 is 14.4. The summed E-state index contributed by atoms with van der Waals surface area (Å²) in [7, 11) is -4.91. The Morgan fingerprint density at radius 3 is 2.12 bits per heavy atom. The van der Waals surface area contributed by atoms with E-state index in [0.717, 1.165) is 0 Å². The second-order valence-electron chi connectivity index (χ2n) is 2.97. The number of phosphoric ester groups is 1. The average molecular weight is 260 g/mol. The Hall–Kier alpha value is -0.540. The number of aliphatic hydroxyl groups excluding tert-OH is 3. The van der Waals surface area contributed by atoms with E-state index in [2.05, 4.69) is 4.52 Å². The van der Waals surface area contributed by atoms with Crippen molar-refractivity contribution < 1.29 is 44.1 Å². The van der Waals surface area contributed by atoms with Gasteiger partial charge in [-0.2, -0.15) is 0 Å². The van der Waals surface area contributed by atoms with Crippen molar-refractivity contribution in [3.8, 4) is 0 Å². The smallest absolute Gasteiger partial charge is 0.470 e. The summed E-state index contributed by atoms with van der Waals surface area (Å²) in [4.78, 5) is 27.0. The van der Waals surface area contributed by atoms with Gasteiger partial charge < -0.3 is 30.2 Å². The molecule has 0 amide bonds. The van der Waals surface area contributed by atoms with Crippen LogP contribution in [0.2, 0.25) is 0 Å². The van der Waals surface area contributed by atoms with Gasteiger partial charge in [0.2, 0.25) is 0 Å². The Kier molecular flexibility index (Phi) is 6.05. The van der Waals surface area contributed by atoms with Gasteiger partial charge in [0.1, 0.15) is 6.10 Å². The van der Waals surface area contributed by atoms with Crippen LogP contribution in [-0.2, 0) is 13.9 Å². The number of phosphoric acid groups is 1. The third-order valence-corrected chi connectivity index (χ3v) is 2.18. The molecule has 3 atom stereocenters. The molecule has 9 nitrogen and oxygen atoms in total. The quantitative estimate of drug-likeness (QED) is 0.275. The van der Waals surface area contributed by atoms with Gasteiger partial charge in [0.15, 0.2) is 6.10 Å². The van der Waals surface area contributed by atoms with Gasteiger partial charge in [-0.05, 0) is 0 Å². The van der Waals surface area contributed by atoms with Crippen molar-refractivity contribution >= 4 is 13.8 Å². The van der Waals surface area contributed by atoms with Crippen LogP contribution in [0.25, 0.3) is 0 Å². The second-order valence-corrected chi connectivity index (χ2v) is 4.17. The van der Waals surface area contributed by atoms with Crippen LogP contribution in [0.1, 0.15) is 6.42 Å². The zero-order valence-corrected chi connectivity index (χ0v) is 8.90. The average Bonchev–Trinajstić information content (AvgIpc) is 2.12. The molecule has 0 aromatic heterocycles. The van der Waals surface area contributed by atoms with Crippen LogP contribution < -0.4 is 0 Å². The molecule has 0 rings (SSSR count). The Labute approximate surface area is 90.2 Å². The monoisotopic (exact) mass is 260 g/mol. The minimum Gasteiger partial charge on any atom is -0.479 e. The lowest BCUT2D eigenvalue weighted by atomic mass is 10.1. The molecule has 6 N–H and O–H groups in total. The van der Waals surface area contributed by atoms with Gasteiger partial charge in [0.25, 0.3) is 0 Å². The summed E-state index contributed by atoms with van der Waals surface area (Å²) in [6.07, 6.45) is -6.02. The number of rotatable bonds is 7. The third kappa shape index (κ3) is 6.13. The maximum Gasteiger partial charge on any atom is 0.470 e. The lowest BCUT2D eigenvalue weighted by Crippen LogP contribution is -2.36. The minimum absolute atomic E-state index is 0.722. The topological polar surface area (TPSA) is 165 Å². The number of aliphatic carboxylic acids is 1. The number of hydrogen-bond acceptors (Lipinski definition) is 6. The molecule has 0 aliphatic heterocycles. The van der Waals surface area contributed by atoms with Crippen LogP contribution in [0.15, 0.2) is 0 Å². The SMILES string of the molecule is O=C(O)C(O)CC(O)C(CO)OP(=O)(O)O. The zero-order valence-electron chi connectivity index (χ0n) is 8.00. The number of carbonyl (C=O) groups is 1. The van der Waals surface area contributed by atoms with Gasteiger partial charge in [-0.15, -0.1) is 0 Å². The van der Waals surface area contributed by atoms with Crippen LogP contribution >= 0.6 is 7.82 Å². The molecular formula is C6H13O9P. The highest BCUT2D eigenvalue weighted by atomic mass is 31.2. The van der Waals surface area contributed by atoms with Crippen LogP contribution in [0, 0.1) is 0 Å². The Morgan fingerprint density at radius 1 is 1.31 bits per heavy atom. The van der Waals surface area contributed by atoms with E-state index in [4.69, 9.17) is 25.1 Å². The van der Waals surface area contributed by atoms with Crippen molar-refractivity contribution in [2.75, 3.05) is 6.61 Å². The molecule has 96 valence electrons. The molecule has 16 heavy (non-hydrogen) atoms. The van der Waals surface area contributed by atoms with E-state index in [0.29, 0.717) is 0 Å². The summed E-state index contributed by atoms with van der Waals surface area (Å²) in [5, 5.41) is 35.0. The minimum atomic E-state index is -4.91. The van der Waals surface area contributed by atoms with Crippen molar-refractivity contribution in [1.29, 1.82) is 0 Å². The van der Waals surface area contributed by atoms with Crippen molar-refractivity contribution in [1.82, 2.24) is 0 Å². The molecule has 10 heteroatoms. The first-order valence-corrected chi connectivity index (χ1v) is 5.64. The van der Waals surface area contributed by atoms with E-state index < -0.39 is 45.1 Å². The largest absolute Gasteiger partial charge is 0.479 e. The van der Waals surface area contributed by atoms with Crippen LogP contribution in [0.5, 0.6) is 0 Å². The van der Waals surface area contributed by atoms with E-state index in [1.54, 1.807) is 0 Å².